The van der Waals surface area contributed by atoms with Gasteiger partial charge in [0.05, 0.1) is 16.8 Å². The topological polar surface area (TPSA) is 77.3 Å². The zero-order valence-electron chi connectivity index (χ0n) is 22.6. The number of hydrogen-bond acceptors (Lipinski definition) is 5. The number of amides is 2. The van der Waals surface area contributed by atoms with E-state index >= 15 is 0 Å². The Kier molecular flexibility index (Phi) is 7.52. The van der Waals surface area contributed by atoms with Gasteiger partial charge in [0.1, 0.15) is 5.58 Å². The monoisotopic (exact) mass is 546 g/mol. The van der Waals surface area contributed by atoms with Crippen LogP contribution in [0.15, 0.2) is 88.4 Å². The minimum atomic E-state index is -3.84. The molecule has 2 heterocycles. The van der Waals surface area contributed by atoms with Gasteiger partial charge < -0.3 is 19.1 Å². The van der Waals surface area contributed by atoms with Crippen LogP contribution in [-0.4, -0.2) is 71.1 Å². The summed E-state index contributed by atoms with van der Waals surface area (Å²) < 4.78 is 35.1. The van der Waals surface area contributed by atoms with E-state index in [0.717, 1.165) is 35.3 Å². The molecule has 39 heavy (non-hydrogen) atoms. The van der Waals surface area contributed by atoms with Gasteiger partial charge in [0.15, 0.2) is 0 Å². The highest BCUT2D eigenvalue weighted by atomic mass is 32.2. The molecule has 204 valence electrons. The van der Waals surface area contributed by atoms with Gasteiger partial charge in [0, 0.05) is 57.9 Å². The number of carbonyl (C=O) groups is 1. The molecule has 0 aliphatic carbocycles. The molecule has 1 saturated heterocycles. The number of rotatable bonds is 7. The molecule has 4 aromatic rings. The largest absolute Gasteiger partial charge is 0.464 e. The van der Waals surface area contributed by atoms with E-state index in [1.54, 1.807) is 43.5 Å². The van der Waals surface area contributed by atoms with Crippen molar-refractivity contribution < 1.29 is 17.6 Å². The lowest BCUT2D eigenvalue weighted by atomic mass is 10.1. The lowest BCUT2D eigenvalue weighted by Crippen LogP contribution is -2.51. The molecule has 0 saturated carbocycles. The third-order valence-corrected chi connectivity index (χ3v) is 9.03. The van der Waals surface area contributed by atoms with Crippen LogP contribution in [0.5, 0.6) is 0 Å². The molecule has 3 aromatic carbocycles. The van der Waals surface area contributed by atoms with Crippen molar-refractivity contribution in [2.24, 2.45) is 0 Å². The van der Waals surface area contributed by atoms with Crippen molar-refractivity contribution in [1.29, 1.82) is 0 Å². The fourth-order valence-electron chi connectivity index (χ4n) is 4.95. The molecule has 1 aliphatic rings. The van der Waals surface area contributed by atoms with Crippen LogP contribution in [0.1, 0.15) is 11.1 Å². The van der Waals surface area contributed by atoms with Crippen molar-refractivity contribution >= 4 is 38.4 Å². The van der Waals surface area contributed by atoms with E-state index in [2.05, 4.69) is 4.90 Å². The van der Waals surface area contributed by atoms with Gasteiger partial charge in [-0.05, 0) is 66.9 Å². The van der Waals surface area contributed by atoms with Crippen LogP contribution in [0, 0.1) is 6.92 Å². The lowest BCUT2D eigenvalue weighted by molar-refractivity contribution is 0.168. The molecule has 0 spiro atoms. The van der Waals surface area contributed by atoms with Gasteiger partial charge in [-0.15, -0.1) is 0 Å². The van der Waals surface area contributed by atoms with Crippen molar-refractivity contribution in [3.63, 3.8) is 0 Å². The van der Waals surface area contributed by atoms with Crippen LogP contribution in [0.4, 0.5) is 16.2 Å². The zero-order chi connectivity index (χ0) is 27.6. The van der Waals surface area contributed by atoms with Gasteiger partial charge in [-0.25, -0.2) is 13.2 Å². The Balaban J connectivity index is 1.40. The van der Waals surface area contributed by atoms with E-state index in [1.807, 2.05) is 66.4 Å². The SMILES string of the molecule is Cc1coc2ccc(S(=O)(=O)N(CCc3ccccc3)c3ccc(N4CCN(C(=O)N(C)C)CC4)cc3)cc12. The van der Waals surface area contributed by atoms with Gasteiger partial charge in [-0.3, -0.25) is 4.31 Å². The first-order valence-electron chi connectivity index (χ1n) is 13.1. The van der Waals surface area contributed by atoms with Crippen molar-refractivity contribution in [2.45, 2.75) is 18.2 Å². The fraction of sp³-hybridized carbons (Fsp3) is 0.300. The Morgan fingerprint density at radius 2 is 1.62 bits per heavy atom. The molecule has 0 bridgehead atoms. The second-order valence-electron chi connectivity index (χ2n) is 10.1. The van der Waals surface area contributed by atoms with Gasteiger partial charge in [-0.2, -0.15) is 0 Å². The molecular weight excluding hydrogens is 512 g/mol. The number of aryl methyl sites for hydroxylation is 1. The highest BCUT2D eigenvalue weighted by Crippen LogP contribution is 2.30. The molecule has 0 unspecified atom stereocenters. The normalized spacial score (nSPS) is 14.0. The van der Waals surface area contributed by atoms with Crippen molar-refractivity contribution in [3.05, 3.63) is 90.2 Å². The van der Waals surface area contributed by atoms with E-state index in [-0.39, 0.29) is 10.9 Å². The number of nitrogens with zero attached hydrogens (tertiary/aromatic N) is 4. The number of anilines is 2. The van der Waals surface area contributed by atoms with E-state index in [4.69, 9.17) is 4.42 Å². The summed E-state index contributed by atoms with van der Waals surface area (Å²) in [5.41, 5.74) is 4.25. The van der Waals surface area contributed by atoms with Crippen LogP contribution in [-0.2, 0) is 16.4 Å². The quantitative estimate of drug-likeness (QED) is 0.327. The fourth-order valence-corrected chi connectivity index (χ4v) is 6.45. The second-order valence-corrected chi connectivity index (χ2v) is 11.9. The van der Waals surface area contributed by atoms with Gasteiger partial charge in [0.25, 0.3) is 10.0 Å². The Labute approximate surface area is 230 Å². The molecule has 0 atom stereocenters. The number of carbonyl (C=O) groups excluding carboxylic acids is 1. The summed E-state index contributed by atoms with van der Waals surface area (Å²) in [7, 11) is -0.317. The lowest BCUT2D eigenvalue weighted by Gasteiger charge is -2.37. The predicted octanol–water partition coefficient (Wildman–Crippen LogP) is 4.98. The average Bonchev–Trinajstić information content (AvgIpc) is 3.33. The molecule has 0 radical (unpaired) electrons. The number of furan rings is 1. The number of urea groups is 1. The first-order valence-corrected chi connectivity index (χ1v) is 14.5. The van der Waals surface area contributed by atoms with E-state index in [9.17, 15) is 13.2 Å². The molecule has 8 nitrogen and oxygen atoms in total. The Morgan fingerprint density at radius 3 is 2.28 bits per heavy atom. The maximum atomic E-state index is 14.0. The van der Waals surface area contributed by atoms with Crippen LogP contribution < -0.4 is 9.21 Å². The van der Waals surface area contributed by atoms with Crippen LogP contribution >= 0.6 is 0 Å². The molecule has 1 aromatic heterocycles. The minimum absolute atomic E-state index is 0.0214. The number of sulfonamides is 1. The van der Waals surface area contributed by atoms with Gasteiger partial charge in [0.2, 0.25) is 0 Å². The summed E-state index contributed by atoms with van der Waals surface area (Å²) in [4.78, 5) is 18.2. The van der Waals surface area contributed by atoms with Crippen LogP contribution in [0.2, 0.25) is 0 Å². The summed E-state index contributed by atoms with van der Waals surface area (Å²) in [6.07, 6.45) is 2.22. The molecule has 2 amide bonds. The van der Waals surface area contributed by atoms with Crippen molar-refractivity contribution in [1.82, 2.24) is 9.80 Å². The molecule has 0 N–H and O–H groups in total. The van der Waals surface area contributed by atoms with E-state index in [0.29, 0.717) is 37.3 Å². The van der Waals surface area contributed by atoms with Crippen LogP contribution in [0.3, 0.4) is 0 Å². The first-order chi connectivity index (χ1) is 18.7. The number of hydrogen-bond donors (Lipinski definition) is 0. The Bertz CT molecular complexity index is 1540. The number of benzene rings is 3. The van der Waals surface area contributed by atoms with E-state index < -0.39 is 10.0 Å². The predicted molar refractivity (Wildman–Crippen MR) is 155 cm³/mol. The maximum absolute atomic E-state index is 14.0. The summed E-state index contributed by atoms with van der Waals surface area (Å²) in [6.45, 7) is 4.94. The van der Waals surface area contributed by atoms with Gasteiger partial charge in [-0.1, -0.05) is 30.3 Å². The molecule has 1 fully saturated rings. The zero-order valence-corrected chi connectivity index (χ0v) is 23.4. The second kappa shape index (κ2) is 11.0. The summed E-state index contributed by atoms with van der Waals surface area (Å²) >= 11 is 0. The third kappa shape index (κ3) is 5.59. The molecular formula is C30H34N4O4S. The van der Waals surface area contributed by atoms with Crippen LogP contribution in [0.25, 0.3) is 11.0 Å². The minimum Gasteiger partial charge on any atom is -0.464 e. The maximum Gasteiger partial charge on any atom is 0.319 e. The summed E-state index contributed by atoms with van der Waals surface area (Å²) in [6, 6.07) is 22.6. The first kappa shape index (κ1) is 26.6. The average molecular weight is 547 g/mol. The highest BCUT2D eigenvalue weighted by molar-refractivity contribution is 7.92. The summed E-state index contributed by atoms with van der Waals surface area (Å²) in [5.74, 6) is 0. The Hall–Kier alpha value is -3.98. The van der Waals surface area contributed by atoms with Crippen molar-refractivity contribution in [3.8, 4) is 0 Å². The molecule has 1 aliphatic heterocycles. The molecule has 9 heteroatoms. The summed E-state index contributed by atoms with van der Waals surface area (Å²) in [5, 5.41) is 0.793. The number of piperazine rings is 1. The van der Waals surface area contributed by atoms with Gasteiger partial charge >= 0.3 is 6.03 Å². The molecule has 5 rings (SSSR count). The third-order valence-electron chi connectivity index (χ3n) is 7.21. The smallest absolute Gasteiger partial charge is 0.319 e. The standard InChI is InChI=1S/C30H34N4O4S/c1-23-22-38-29-14-13-27(21-28(23)29)39(36,37)34(16-15-24-7-5-4-6-8-24)26-11-9-25(10-12-26)32-17-19-33(20-18-32)30(35)31(2)3/h4-14,21-22H,15-20H2,1-3H3. The number of fused-ring (bicyclic) bond motifs is 1. The Morgan fingerprint density at radius 1 is 0.923 bits per heavy atom. The van der Waals surface area contributed by atoms with Crippen molar-refractivity contribution in [2.75, 3.05) is 56.0 Å². The van der Waals surface area contributed by atoms with E-state index in [1.165, 1.54) is 4.31 Å². The highest BCUT2D eigenvalue weighted by Gasteiger charge is 2.27.